The number of hydrogen-bond donors (Lipinski definition) is 1. The number of nitrogens with one attached hydrogen (secondary N) is 1. The molecule has 0 aliphatic heterocycles. The van der Waals surface area contributed by atoms with Gasteiger partial charge in [-0.25, -0.2) is 12.8 Å². The second kappa shape index (κ2) is 7.53. The van der Waals surface area contributed by atoms with Crippen LogP contribution in [-0.4, -0.2) is 21.6 Å². The third-order valence-electron chi connectivity index (χ3n) is 3.19. The molecule has 0 atom stereocenters. The molecule has 0 heterocycles. The normalized spacial score (nSPS) is 11.2. The zero-order chi connectivity index (χ0) is 17.7. The third-order valence-corrected chi connectivity index (χ3v) is 4.55. The van der Waals surface area contributed by atoms with Crippen molar-refractivity contribution in [3.63, 3.8) is 0 Å². The van der Waals surface area contributed by atoms with Crippen LogP contribution in [0.4, 0.5) is 10.1 Å². The smallest absolute Gasteiger partial charge is 0.262 e. The third kappa shape index (κ3) is 4.17. The van der Waals surface area contributed by atoms with Crippen LogP contribution in [0, 0.1) is 12.7 Å². The predicted molar refractivity (Wildman–Crippen MR) is 90.7 cm³/mol. The first-order chi connectivity index (χ1) is 11.4. The van der Waals surface area contributed by atoms with Gasteiger partial charge in [-0.1, -0.05) is 6.07 Å². The van der Waals surface area contributed by atoms with E-state index in [0.29, 0.717) is 24.7 Å². The number of halogens is 1. The van der Waals surface area contributed by atoms with Crippen molar-refractivity contribution in [3.05, 3.63) is 47.8 Å². The molecule has 130 valence electrons. The van der Waals surface area contributed by atoms with Crippen LogP contribution in [-0.2, 0) is 10.0 Å². The highest BCUT2D eigenvalue weighted by Crippen LogP contribution is 2.31. The lowest BCUT2D eigenvalue weighted by molar-refractivity contribution is 0.287. The molecule has 0 unspecified atom stereocenters. The van der Waals surface area contributed by atoms with E-state index in [1.54, 1.807) is 19.9 Å². The molecule has 2 rings (SSSR count). The molecule has 7 heteroatoms. The minimum atomic E-state index is -3.95. The Bertz CT molecular complexity index is 821. The zero-order valence-corrected chi connectivity index (χ0v) is 14.6. The van der Waals surface area contributed by atoms with Gasteiger partial charge in [-0.3, -0.25) is 4.72 Å². The average molecular weight is 353 g/mol. The first kappa shape index (κ1) is 18.1. The second-order valence-electron chi connectivity index (χ2n) is 5.06. The largest absolute Gasteiger partial charge is 0.490 e. The lowest BCUT2D eigenvalue weighted by Gasteiger charge is -2.14. The molecule has 0 radical (unpaired) electrons. The molecular weight excluding hydrogens is 333 g/mol. The van der Waals surface area contributed by atoms with Crippen molar-refractivity contribution < 1.29 is 22.3 Å². The van der Waals surface area contributed by atoms with Gasteiger partial charge >= 0.3 is 0 Å². The molecule has 0 amide bonds. The van der Waals surface area contributed by atoms with E-state index < -0.39 is 15.8 Å². The quantitative estimate of drug-likeness (QED) is 0.824. The fourth-order valence-electron chi connectivity index (χ4n) is 2.12. The Morgan fingerprint density at radius 1 is 1.00 bits per heavy atom. The highest BCUT2D eigenvalue weighted by Gasteiger charge is 2.19. The van der Waals surface area contributed by atoms with Crippen LogP contribution in [0.2, 0.25) is 0 Å². The fraction of sp³-hybridized carbons (Fsp3) is 0.294. The molecule has 0 aromatic heterocycles. The summed E-state index contributed by atoms with van der Waals surface area (Å²) in [5.41, 5.74) is 0.651. The Hall–Kier alpha value is -2.28. The molecule has 0 fully saturated rings. The molecule has 2 aromatic carbocycles. The number of anilines is 1. The Kier molecular flexibility index (Phi) is 5.66. The topological polar surface area (TPSA) is 64.6 Å². The zero-order valence-electron chi connectivity index (χ0n) is 13.8. The minimum absolute atomic E-state index is 0.0321. The summed E-state index contributed by atoms with van der Waals surface area (Å²) in [6.07, 6.45) is 0. The maximum absolute atomic E-state index is 13.8. The van der Waals surface area contributed by atoms with Gasteiger partial charge in [-0.05, 0) is 50.6 Å². The van der Waals surface area contributed by atoms with Crippen molar-refractivity contribution in [2.24, 2.45) is 0 Å². The Morgan fingerprint density at radius 3 is 2.33 bits per heavy atom. The van der Waals surface area contributed by atoms with Crippen molar-refractivity contribution in [1.82, 2.24) is 0 Å². The van der Waals surface area contributed by atoms with Crippen LogP contribution in [0.25, 0.3) is 0 Å². The van der Waals surface area contributed by atoms with E-state index in [1.165, 1.54) is 30.3 Å². The van der Waals surface area contributed by atoms with Gasteiger partial charge in [0.05, 0.1) is 23.8 Å². The summed E-state index contributed by atoms with van der Waals surface area (Å²) in [6, 6.07) is 8.50. The number of sulfonamides is 1. The van der Waals surface area contributed by atoms with Gasteiger partial charge in [0.25, 0.3) is 10.0 Å². The van der Waals surface area contributed by atoms with Crippen LogP contribution < -0.4 is 14.2 Å². The molecule has 5 nitrogen and oxygen atoms in total. The molecule has 0 aliphatic rings. The summed E-state index contributed by atoms with van der Waals surface area (Å²) < 4.78 is 51.9. The van der Waals surface area contributed by atoms with Gasteiger partial charge < -0.3 is 9.47 Å². The Balaban J connectivity index is 2.38. The highest BCUT2D eigenvalue weighted by molar-refractivity contribution is 7.92. The molecule has 2 aromatic rings. The summed E-state index contributed by atoms with van der Waals surface area (Å²) in [5, 5.41) is 0. The molecule has 0 bridgehead atoms. The van der Waals surface area contributed by atoms with E-state index >= 15 is 0 Å². The molecular formula is C17H20FNO4S. The number of hydrogen-bond acceptors (Lipinski definition) is 4. The van der Waals surface area contributed by atoms with E-state index in [0.717, 1.165) is 5.56 Å². The molecule has 0 saturated heterocycles. The predicted octanol–water partition coefficient (Wildman–Crippen LogP) is 3.73. The van der Waals surface area contributed by atoms with Gasteiger partial charge in [0.15, 0.2) is 11.5 Å². The van der Waals surface area contributed by atoms with Gasteiger partial charge in [-0.2, -0.15) is 0 Å². The summed E-state index contributed by atoms with van der Waals surface area (Å²) in [6.45, 7) is 6.16. The summed E-state index contributed by atoms with van der Waals surface area (Å²) in [5.74, 6) is 0.145. The highest BCUT2D eigenvalue weighted by atomic mass is 32.2. The lowest BCUT2D eigenvalue weighted by atomic mass is 10.2. The summed E-state index contributed by atoms with van der Waals surface area (Å²) in [7, 11) is -3.95. The molecule has 24 heavy (non-hydrogen) atoms. The van der Waals surface area contributed by atoms with Crippen molar-refractivity contribution in [1.29, 1.82) is 0 Å². The minimum Gasteiger partial charge on any atom is -0.490 e. The van der Waals surface area contributed by atoms with Gasteiger partial charge in [-0.15, -0.1) is 0 Å². The van der Waals surface area contributed by atoms with Crippen molar-refractivity contribution >= 4 is 15.7 Å². The van der Waals surface area contributed by atoms with Crippen molar-refractivity contribution in [2.75, 3.05) is 17.9 Å². The molecule has 1 N–H and O–H groups in total. The van der Waals surface area contributed by atoms with E-state index in [9.17, 15) is 12.8 Å². The van der Waals surface area contributed by atoms with Gasteiger partial charge in [0.1, 0.15) is 5.82 Å². The van der Waals surface area contributed by atoms with Crippen LogP contribution in [0.15, 0.2) is 41.3 Å². The molecule has 0 spiro atoms. The average Bonchev–Trinajstić information content (AvgIpc) is 2.53. The summed E-state index contributed by atoms with van der Waals surface area (Å²) in [4.78, 5) is -0.0321. The first-order valence-electron chi connectivity index (χ1n) is 7.56. The number of ether oxygens (including phenoxy) is 2. The van der Waals surface area contributed by atoms with E-state index in [1.807, 2.05) is 6.92 Å². The maximum atomic E-state index is 13.8. The van der Waals surface area contributed by atoms with E-state index in [4.69, 9.17) is 9.47 Å². The maximum Gasteiger partial charge on any atom is 0.262 e. The van der Waals surface area contributed by atoms with Crippen molar-refractivity contribution in [2.45, 2.75) is 25.7 Å². The van der Waals surface area contributed by atoms with Crippen LogP contribution in [0.5, 0.6) is 11.5 Å². The van der Waals surface area contributed by atoms with Crippen LogP contribution in [0.1, 0.15) is 19.4 Å². The second-order valence-corrected chi connectivity index (χ2v) is 6.75. The van der Waals surface area contributed by atoms with Crippen LogP contribution in [0.3, 0.4) is 0 Å². The van der Waals surface area contributed by atoms with Gasteiger partial charge in [0.2, 0.25) is 0 Å². The number of rotatable bonds is 7. The lowest BCUT2D eigenvalue weighted by Crippen LogP contribution is -2.14. The standard InChI is InChI=1S/C17H20FNO4S/c1-4-22-16-9-7-13(11-17(16)23-5-2)24(20,21)19-15-10-12(3)6-8-14(15)18/h6-11,19H,4-5H2,1-3H3. The van der Waals surface area contributed by atoms with E-state index in [-0.39, 0.29) is 10.6 Å². The fourth-order valence-corrected chi connectivity index (χ4v) is 3.19. The van der Waals surface area contributed by atoms with Crippen molar-refractivity contribution in [3.8, 4) is 11.5 Å². The van der Waals surface area contributed by atoms with Gasteiger partial charge in [0, 0.05) is 6.07 Å². The Morgan fingerprint density at radius 2 is 1.67 bits per heavy atom. The number of benzene rings is 2. The molecule has 0 saturated carbocycles. The monoisotopic (exact) mass is 353 g/mol. The Labute approximate surface area is 141 Å². The summed E-state index contributed by atoms with van der Waals surface area (Å²) >= 11 is 0. The SMILES string of the molecule is CCOc1ccc(S(=O)(=O)Nc2cc(C)ccc2F)cc1OCC. The first-order valence-corrected chi connectivity index (χ1v) is 9.04. The van der Waals surface area contributed by atoms with Crippen LogP contribution >= 0.6 is 0 Å². The van der Waals surface area contributed by atoms with E-state index in [2.05, 4.69) is 4.72 Å². The molecule has 0 aliphatic carbocycles. The number of aryl methyl sites for hydroxylation is 1.